The van der Waals surface area contributed by atoms with E-state index < -0.39 is 0 Å². The first-order valence-electron chi connectivity index (χ1n) is 5.98. The Hall–Kier alpha value is -0.690. The van der Waals surface area contributed by atoms with E-state index in [1.54, 1.807) is 0 Å². The number of alkyl halides is 1. The lowest BCUT2D eigenvalue weighted by Gasteiger charge is -2.25. The number of halogens is 1. The van der Waals surface area contributed by atoms with Crippen molar-refractivity contribution in [3.05, 3.63) is 29.3 Å². The van der Waals surface area contributed by atoms with Gasteiger partial charge in [0, 0.05) is 24.7 Å². The van der Waals surface area contributed by atoms with Crippen molar-refractivity contribution in [2.75, 3.05) is 18.0 Å². The second kappa shape index (κ2) is 6.15. The lowest BCUT2D eigenvalue weighted by molar-refractivity contribution is 0.618. The van der Waals surface area contributed by atoms with Crippen LogP contribution < -0.4 is 4.90 Å². The van der Waals surface area contributed by atoms with E-state index in [2.05, 4.69) is 50.8 Å². The third kappa shape index (κ3) is 3.41. The molecule has 0 radical (unpaired) electrons. The van der Waals surface area contributed by atoms with E-state index in [-0.39, 0.29) is 0 Å². The molecule has 0 heterocycles. The van der Waals surface area contributed by atoms with Gasteiger partial charge in [-0.3, -0.25) is 0 Å². The summed E-state index contributed by atoms with van der Waals surface area (Å²) < 4.78 is 0. The Kier molecular flexibility index (Phi) is 5.14. The molecule has 0 aliphatic rings. The number of nitrogens with zero attached hydrogens (tertiary/aromatic N) is 1. The predicted octanol–water partition coefficient (Wildman–Crippen LogP) is 4.22. The van der Waals surface area contributed by atoms with Crippen molar-refractivity contribution in [3.8, 4) is 0 Å². The molecule has 0 unspecified atom stereocenters. The van der Waals surface area contributed by atoms with Crippen LogP contribution in [0, 0.1) is 12.8 Å². The smallest absolute Gasteiger partial charge is 0.0476 e. The molecular formula is C14H22ClN. The van der Waals surface area contributed by atoms with Gasteiger partial charge < -0.3 is 4.90 Å². The summed E-state index contributed by atoms with van der Waals surface area (Å²) in [5, 5.41) is 0. The van der Waals surface area contributed by atoms with Gasteiger partial charge in [0.05, 0.1) is 0 Å². The maximum Gasteiger partial charge on any atom is 0.0476 e. The maximum atomic E-state index is 5.87. The molecule has 0 spiro atoms. The first-order chi connectivity index (χ1) is 7.58. The van der Waals surface area contributed by atoms with Crippen LogP contribution in [0.15, 0.2) is 18.2 Å². The van der Waals surface area contributed by atoms with Crippen LogP contribution in [0.3, 0.4) is 0 Å². The van der Waals surface area contributed by atoms with Crippen molar-refractivity contribution >= 4 is 17.3 Å². The molecule has 0 amide bonds. The van der Waals surface area contributed by atoms with Crippen LogP contribution in [0.25, 0.3) is 0 Å². The zero-order valence-electron chi connectivity index (χ0n) is 10.8. The zero-order chi connectivity index (χ0) is 12.1. The molecule has 0 bridgehead atoms. The van der Waals surface area contributed by atoms with Gasteiger partial charge in [-0.15, -0.1) is 11.6 Å². The molecule has 1 aromatic rings. The summed E-state index contributed by atoms with van der Waals surface area (Å²) in [4.78, 5) is 2.41. The topological polar surface area (TPSA) is 3.24 Å². The van der Waals surface area contributed by atoms with Gasteiger partial charge in [-0.2, -0.15) is 0 Å². The molecule has 0 saturated heterocycles. The van der Waals surface area contributed by atoms with Crippen molar-refractivity contribution in [1.82, 2.24) is 0 Å². The van der Waals surface area contributed by atoms with Crippen LogP contribution in [-0.2, 0) is 5.88 Å². The largest absolute Gasteiger partial charge is 0.372 e. The molecule has 1 rings (SSSR count). The van der Waals surface area contributed by atoms with Crippen molar-refractivity contribution in [2.24, 2.45) is 5.92 Å². The zero-order valence-corrected chi connectivity index (χ0v) is 11.5. The Balaban J connectivity index is 2.89. The Morgan fingerprint density at radius 2 is 2.00 bits per heavy atom. The van der Waals surface area contributed by atoms with Gasteiger partial charge in [0.15, 0.2) is 0 Å². The summed E-state index contributed by atoms with van der Waals surface area (Å²) in [6, 6.07) is 6.56. The summed E-state index contributed by atoms with van der Waals surface area (Å²) >= 11 is 5.87. The Morgan fingerprint density at radius 3 is 2.44 bits per heavy atom. The maximum absolute atomic E-state index is 5.87. The average molecular weight is 240 g/mol. The van der Waals surface area contributed by atoms with Gasteiger partial charge in [-0.25, -0.2) is 0 Å². The predicted molar refractivity (Wildman–Crippen MR) is 73.5 cm³/mol. The van der Waals surface area contributed by atoms with Gasteiger partial charge in [0.2, 0.25) is 0 Å². The Morgan fingerprint density at radius 1 is 1.31 bits per heavy atom. The monoisotopic (exact) mass is 239 g/mol. The van der Waals surface area contributed by atoms with E-state index in [0.29, 0.717) is 11.8 Å². The Labute approximate surface area is 104 Å². The molecule has 1 nitrogen and oxygen atoms in total. The van der Waals surface area contributed by atoms with Crippen LogP contribution >= 0.6 is 11.6 Å². The normalized spacial score (nSPS) is 10.9. The number of hydrogen-bond acceptors (Lipinski definition) is 1. The van der Waals surface area contributed by atoms with Crippen LogP contribution in [0.5, 0.6) is 0 Å². The molecule has 0 fully saturated rings. The molecular weight excluding hydrogens is 218 g/mol. The summed E-state index contributed by atoms with van der Waals surface area (Å²) in [5.74, 6) is 1.29. The van der Waals surface area contributed by atoms with E-state index in [9.17, 15) is 0 Å². The molecule has 0 aromatic heterocycles. The minimum absolute atomic E-state index is 0.600. The van der Waals surface area contributed by atoms with E-state index >= 15 is 0 Å². The highest BCUT2D eigenvalue weighted by Gasteiger charge is 2.07. The summed E-state index contributed by atoms with van der Waals surface area (Å²) in [6.45, 7) is 11.0. The quantitative estimate of drug-likeness (QED) is 0.696. The van der Waals surface area contributed by atoms with Crippen molar-refractivity contribution in [3.63, 3.8) is 0 Å². The van der Waals surface area contributed by atoms with Gasteiger partial charge in [-0.05, 0) is 43.0 Å². The molecule has 0 saturated carbocycles. The third-order valence-corrected chi connectivity index (χ3v) is 3.09. The number of anilines is 1. The lowest BCUT2D eigenvalue weighted by atomic mass is 10.1. The van der Waals surface area contributed by atoms with Crippen molar-refractivity contribution < 1.29 is 0 Å². The number of rotatable bonds is 5. The molecule has 0 atom stereocenters. The number of hydrogen-bond donors (Lipinski definition) is 0. The third-order valence-electron chi connectivity index (χ3n) is 2.80. The minimum Gasteiger partial charge on any atom is -0.372 e. The summed E-state index contributed by atoms with van der Waals surface area (Å²) in [5.41, 5.74) is 3.82. The van der Waals surface area contributed by atoms with Crippen molar-refractivity contribution in [1.29, 1.82) is 0 Å². The number of benzene rings is 1. The highest BCUT2D eigenvalue weighted by atomic mass is 35.5. The molecule has 16 heavy (non-hydrogen) atoms. The molecule has 0 aliphatic heterocycles. The highest BCUT2D eigenvalue weighted by molar-refractivity contribution is 6.17. The first kappa shape index (κ1) is 13.4. The average Bonchev–Trinajstić information content (AvgIpc) is 2.25. The summed E-state index contributed by atoms with van der Waals surface area (Å²) in [6.07, 6.45) is 0. The van der Waals surface area contributed by atoms with Gasteiger partial charge in [0.1, 0.15) is 0 Å². The van der Waals surface area contributed by atoms with Crippen LogP contribution in [0.1, 0.15) is 31.9 Å². The SMILES string of the molecule is CCN(CC(C)C)c1ccc(CCl)c(C)c1. The van der Waals surface area contributed by atoms with E-state index in [4.69, 9.17) is 11.6 Å². The molecule has 0 aliphatic carbocycles. The van der Waals surface area contributed by atoms with Crippen LogP contribution in [0.4, 0.5) is 5.69 Å². The second-order valence-electron chi connectivity index (χ2n) is 4.68. The van der Waals surface area contributed by atoms with Gasteiger partial charge in [0.25, 0.3) is 0 Å². The Bertz CT molecular complexity index is 334. The molecule has 1 aromatic carbocycles. The fraction of sp³-hybridized carbons (Fsp3) is 0.571. The van der Waals surface area contributed by atoms with Gasteiger partial charge in [-0.1, -0.05) is 19.9 Å². The summed E-state index contributed by atoms with van der Waals surface area (Å²) in [7, 11) is 0. The fourth-order valence-electron chi connectivity index (χ4n) is 1.88. The minimum atomic E-state index is 0.600. The second-order valence-corrected chi connectivity index (χ2v) is 4.94. The molecule has 0 N–H and O–H groups in total. The molecule has 90 valence electrons. The fourth-order valence-corrected chi connectivity index (χ4v) is 2.18. The number of aryl methyl sites for hydroxylation is 1. The van der Waals surface area contributed by atoms with E-state index in [1.807, 2.05) is 0 Å². The van der Waals surface area contributed by atoms with E-state index in [0.717, 1.165) is 13.1 Å². The van der Waals surface area contributed by atoms with Crippen LogP contribution in [-0.4, -0.2) is 13.1 Å². The van der Waals surface area contributed by atoms with Crippen molar-refractivity contribution in [2.45, 2.75) is 33.6 Å². The molecule has 2 heteroatoms. The van der Waals surface area contributed by atoms with Gasteiger partial charge >= 0.3 is 0 Å². The highest BCUT2D eigenvalue weighted by Crippen LogP contribution is 2.21. The van der Waals surface area contributed by atoms with Crippen LogP contribution in [0.2, 0.25) is 0 Å². The standard InChI is InChI=1S/C14H22ClN/c1-5-16(10-11(2)3)14-7-6-13(9-15)12(4)8-14/h6-8,11H,5,9-10H2,1-4H3. The first-order valence-corrected chi connectivity index (χ1v) is 6.52. The lowest BCUT2D eigenvalue weighted by Crippen LogP contribution is -2.27. The van der Waals surface area contributed by atoms with E-state index in [1.165, 1.54) is 16.8 Å².